The lowest BCUT2D eigenvalue weighted by Crippen LogP contribution is -2.25. The largest absolute Gasteiger partial charge is 0.361 e. The summed E-state index contributed by atoms with van der Waals surface area (Å²) in [5, 5.41) is 4.50. The van der Waals surface area contributed by atoms with Crippen molar-refractivity contribution in [2.24, 2.45) is 0 Å². The Hall–Kier alpha value is -3.67. The molecule has 4 heterocycles. The number of aromatic nitrogens is 4. The van der Waals surface area contributed by atoms with Gasteiger partial charge >= 0.3 is 0 Å². The van der Waals surface area contributed by atoms with Gasteiger partial charge in [0, 0.05) is 58.3 Å². The average Bonchev–Trinajstić information content (AvgIpc) is 3.27. The Morgan fingerprint density at radius 3 is 2.83 bits per heavy atom. The summed E-state index contributed by atoms with van der Waals surface area (Å²) in [6.07, 6.45) is 5.74. The van der Waals surface area contributed by atoms with E-state index in [1.54, 1.807) is 0 Å². The first-order chi connectivity index (χ1) is 14.4. The van der Waals surface area contributed by atoms with Gasteiger partial charge in [-0.25, -0.2) is 9.97 Å². The van der Waals surface area contributed by atoms with Crippen molar-refractivity contribution in [1.82, 2.24) is 19.9 Å². The highest BCUT2D eigenvalue weighted by atomic mass is 15.3. The molecule has 30 heavy (non-hydrogen) atoms. The third-order valence-corrected chi connectivity index (χ3v) is 5.63. The lowest BCUT2D eigenvalue weighted by atomic mass is 9.89. The van der Waals surface area contributed by atoms with Gasteiger partial charge in [-0.2, -0.15) is 4.98 Å². The monoisotopic (exact) mass is 396 g/mol. The summed E-state index contributed by atoms with van der Waals surface area (Å²) >= 11 is 0. The van der Waals surface area contributed by atoms with Gasteiger partial charge in [0.2, 0.25) is 5.95 Å². The van der Waals surface area contributed by atoms with E-state index in [0.29, 0.717) is 5.95 Å². The third-order valence-electron chi connectivity index (χ3n) is 5.63. The highest BCUT2D eigenvalue weighted by Gasteiger charge is 2.38. The van der Waals surface area contributed by atoms with Crippen LogP contribution in [0.15, 0.2) is 61.6 Å². The molecule has 5 rings (SSSR count). The van der Waals surface area contributed by atoms with Gasteiger partial charge in [0.1, 0.15) is 11.6 Å². The first kappa shape index (κ1) is 18.4. The van der Waals surface area contributed by atoms with Crippen LogP contribution >= 0.6 is 0 Å². The minimum absolute atomic E-state index is 0.0498. The topological polar surface area (TPSA) is 69.7 Å². The SMILES string of the molecule is C=C(C)c1c[nH]c2ccc(Nc3ncc4c(n3)N(c3ccccn3)CC4(C)C)cc12. The molecule has 0 amide bonds. The Labute approximate surface area is 175 Å². The molecule has 0 atom stereocenters. The Kier molecular flexibility index (Phi) is 4.10. The number of benzene rings is 1. The molecular formula is C24H24N6. The highest BCUT2D eigenvalue weighted by Crippen LogP contribution is 2.42. The Balaban J connectivity index is 1.52. The molecule has 0 radical (unpaired) electrons. The Morgan fingerprint density at radius 2 is 2.07 bits per heavy atom. The van der Waals surface area contributed by atoms with Gasteiger partial charge in [-0.1, -0.05) is 26.5 Å². The van der Waals surface area contributed by atoms with Crippen molar-refractivity contribution in [3.8, 4) is 0 Å². The van der Waals surface area contributed by atoms with Gasteiger partial charge in [0.15, 0.2) is 0 Å². The Bertz CT molecular complexity index is 1260. The van der Waals surface area contributed by atoms with Crippen LogP contribution in [0, 0.1) is 0 Å². The van der Waals surface area contributed by atoms with Crippen LogP contribution in [0.4, 0.5) is 23.3 Å². The van der Waals surface area contributed by atoms with Gasteiger partial charge in [0.05, 0.1) is 0 Å². The normalized spacial score (nSPS) is 14.7. The van der Waals surface area contributed by atoms with E-state index in [0.717, 1.165) is 51.5 Å². The summed E-state index contributed by atoms with van der Waals surface area (Å²) in [6, 6.07) is 12.1. The van der Waals surface area contributed by atoms with Crippen LogP contribution in [0.25, 0.3) is 16.5 Å². The molecule has 3 aromatic heterocycles. The summed E-state index contributed by atoms with van der Waals surface area (Å²) < 4.78 is 0. The van der Waals surface area contributed by atoms with Crippen molar-refractivity contribution in [2.75, 3.05) is 16.8 Å². The summed E-state index contributed by atoms with van der Waals surface area (Å²) in [7, 11) is 0. The maximum atomic E-state index is 4.87. The Morgan fingerprint density at radius 1 is 1.20 bits per heavy atom. The lowest BCUT2D eigenvalue weighted by molar-refractivity contribution is 0.566. The van der Waals surface area contributed by atoms with Gasteiger partial charge in [0.25, 0.3) is 0 Å². The second kappa shape index (κ2) is 6.69. The maximum absolute atomic E-state index is 4.87. The van der Waals surface area contributed by atoms with Crippen LogP contribution < -0.4 is 10.2 Å². The summed E-state index contributed by atoms with van der Waals surface area (Å²) in [6.45, 7) is 11.3. The number of hydrogen-bond donors (Lipinski definition) is 2. The zero-order valence-electron chi connectivity index (χ0n) is 17.4. The number of H-pyrrole nitrogens is 1. The smallest absolute Gasteiger partial charge is 0.229 e. The number of anilines is 4. The van der Waals surface area contributed by atoms with E-state index < -0.39 is 0 Å². The number of allylic oxidation sites excluding steroid dienone is 1. The van der Waals surface area contributed by atoms with Crippen molar-refractivity contribution < 1.29 is 0 Å². The van der Waals surface area contributed by atoms with Crippen LogP contribution in [-0.2, 0) is 5.41 Å². The zero-order chi connectivity index (χ0) is 20.9. The van der Waals surface area contributed by atoms with Crippen molar-refractivity contribution in [2.45, 2.75) is 26.2 Å². The molecule has 0 aliphatic carbocycles. The van der Waals surface area contributed by atoms with Gasteiger partial charge in [-0.05, 0) is 42.8 Å². The van der Waals surface area contributed by atoms with Crippen LogP contribution in [0.1, 0.15) is 31.9 Å². The quantitative estimate of drug-likeness (QED) is 0.473. The minimum atomic E-state index is -0.0498. The number of nitrogens with one attached hydrogen (secondary N) is 2. The molecule has 0 saturated carbocycles. The second-order valence-corrected chi connectivity index (χ2v) is 8.46. The zero-order valence-corrected chi connectivity index (χ0v) is 17.4. The van der Waals surface area contributed by atoms with Crippen molar-refractivity contribution in [3.63, 3.8) is 0 Å². The van der Waals surface area contributed by atoms with Crippen LogP contribution in [0.2, 0.25) is 0 Å². The number of aromatic amines is 1. The van der Waals surface area contributed by atoms with E-state index in [2.05, 4.69) is 57.7 Å². The number of rotatable bonds is 4. The van der Waals surface area contributed by atoms with E-state index in [1.165, 1.54) is 0 Å². The van der Waals surface area contributed by atoms with Gasteiger partial charge in [-0.3, -0.25) is 0 Å². The van der Waals surface area contributed by atoms with Crippen molar-refractivity contribution >= 4 is 39.7 Å². The lowest BCUT2D eigenvalue weighted by Gasteiger charge is -2.20. The second-order valence-electron chi connectivity index (χ2n) is 8.46. The molecule has 6 heteroatoms. The number of nitrogens with zero attached hydrogens (tertiary/aromatic N) is 4. The molecule has 6 nitrogen and oxygen atoms in total. The molecule has 0 spiro atoms. The van der Waals surface area contributed by atoms with Crippen LogP contribution in [0.5, 0.6) is 0 Å². The standard InChI is InChI=1S/C24H24N6/c1-15(2)18-12-26-20-9-8-16(11-17(18)20)28-23-27-13-19-22(29-23)30(14-24(19,3)4)21-7-5-6-10-25-21/h5-13,26H,1,14H2,2-4H3,(H,27,28,29). The molecule has 0 unspecified atom stereocenters. The highest BCUT2D eigenvalue weighted by molar-refractivity contribution is 5.94. The molecule has 2 N–H and O–H groups in total. The molecule has 1 aliphatic heterocycles. The summed E-state index contributed by atoms with van der Waals surface area (Å²) in [5.41, 5.74) is 5.24. The molecule has 0 fully saturated rings. The summed E-state index contributed by atoms with van der Waals surface area (Å²) in [5.74, 6) is 2.37. The molecule has 0 bridgehead atoms. The maximum Gasteiger partial charge on any atom is 0.229 e. The fourth-order valence-electron chi connectivity index (χ4n) is 4.06. The third kappa shape index (κ3) is 3.01. The predicted molar refractivity (Wildman–Crippen MR) is 123 cm³/mol. The molecule has 0 saturated heterocycles. The molecule has 4 aromatic rings. The van der Waals surface area contributed by atoms with E-state index in [9.17, 15) is 0 Å². The van der Waals surface area contributed by atoms with E-state index in [4.69, 9.17) is 4.98 Å². The van der Waals surface area contributed by atoms with Gasteiger partial charge < -0.3 is 15.2 Å². The van der Waals surface area contributed by atoms with E-state index >= 15 is 0 Å². The van der Waals surface area contributed by atoms with E-state index in [-0.39, 0.29) is 5.41 Å². The first-order valence-corrected chi connectivity index (χ1v) is 10.0. The number of pyridine rings is 1. The minimum Gasteiger partial charge on any atom is -0.361 e. The first-order valence-electron chi connectivity index (χ1n) is 10.0. The van der Waals surface area contributed by atoms with Gasteiger partial charge in [-0.15, -0.1) is 0 Å². The van der Waals surface area contributed by atoms with Crippen LogP contribution in [0.3, 0.4) is 0 Å². The molecule has 1 aliphatic rings. The fourth-order valence-corrected chi connectivity index (χ4v) is 4.06. The predicted octanol–water partition coefficient (Wildman–Crippen LogP) is 5.56. The van der Waals surface area contributed by atoms with Crippen molar-refractivity contribution in [1.29, 1.82) is 0 Å². The van der Waals surface area contributed by atoms with E-state index in [1.807, 2.05) is 49.8 Å². The number of hydrogen-bond acceptors (Lipinski definition) is 5. The molecule has 1 aromatic carbocycles. The number of fused-ring (bicyclic) bond motifs is 2. The van der Waals surface area contributed by atoms with Crippen LogP contribution in [-0.4, -0.2) is 26.5 Å². The fraction of sp³-hybridized carbons (Fsp3) is 0.208. The molecule has 150 valence electrons. The summed E-state index contributed by atoms with van der Waals surface area (Å²) in [4.78, 5) is 19.4. The van der Waals surface area contributed by atoms with Crippen molar-refractivity contribution in [3.05, 3.63) is 72.7 Å². The molecular weight excluding hydrogens is 372 g/mol. The average molecular weight is 396 g/mol.